The van der Waals surface area contributed by atoms with Gasteiger partial charge in [-0.3, -0.25) is 9.89 Å². The van der Waals surface area contributed by atoms with Gasteiger partial charge < -0.3 is 0 Å². The lowest BCUT2D eigenvalue weighted by Gasteiger charge is -1.99. The van der Waals surface area contributed by atoms with Crippen molar-refractivity contribution in [2.45, 2.75) is 10.1 Å². The Morgan fingerprint density at radius 2 is 2.21 bits per heavy atom. The largest absolute Gasteiger partial charge is 0.298 e. The van der Waals surface area contributed by atoms with Crippen LogP contribution in [0, 0.1) is 0 Å². The molecule has 0 spiro atoms. The molecule has 70 valence electrons. The number of aromatic nitrogens is 3. The minimum atomic E-state index is 0.661. The number of carbonyl (C=O) groups excluding carboxylic acids is 1. The van der Waals surface area contributed by atoms with Crippen molar-refractivity contribution in [1.29, 1.82) is 0 Å². The van der Waals surface area contributed by atoms with Crippen molar-refractivity contribution >= 4 is 18.0 Å². The van der Waals surface area contributed by atoms with Gasteiger partial charge in [0, 0.05) is 10.5 Å². The van der Waals surface area contributed by atoms with E-state index in [1.54, 1.807) is 6.07 Å². The maximum atomic E-state index is 10.7. The highest BCUT2D eigenvalue weighted by Crippen LogP contribution is 2.26. The van der Waals surface area contributed by atoms with Crippen LogP contribution in [-0.2, 0) is 0 Å². The summed E-state index contributed by atoms with van der Waals surface area (Å²) in [5, 5.41) is 7.13. The normalized spacial score (nSPS) is 10.0. The molecule has 0 saturated carbocycles. The summed E-state index contributed by atoms with van der Waals surface area (Å²) >= 11 is 1.39. The van der Waals surface area contributed by atoms with Gasteiger partial charge in [0.05, 0.1) is 0 Å². The minimum absolute atomic E-state index is 0.661. The lowest BCUT2D eigenvalue weighted by Crippen LogP contribution is -1.84. The quantitative estimate of drug-likeness (QED) is 0.776. The molecule has 1 N–H and O–H groups in total. The van der Waals surface area contributed by atoms with Crippen LogP contribution in [0.3, 0.4) is 0 Å². The van der Waals surface area contributed by atoms with Gasteiger partial charge in [-0.25, -0.2) is 4.98 Å². The van der Waals surface area contributed by atoms with Crippen LogP contribution in [0.5, 0.6) is 0 Å². The summed E-state index contributed by atoms with van der Waals surface area (Å²) in [6.07, 6.45) is 2.27. The summed E-state index contributed by atoms with van der Waals surface area (Å²) in [6, 6.07) is 7.35. The first-order valence-electron chi connectivity index (χ1n) is 3.97. The zero-order valence-corrected chi connectivity index (χ0v) is 7.99. The highest BCUT2D eigenvalue weighted by atomic mass is 32.2. The molecule has 14 heavy (non-hydrogen) atoms. The SMILES string of the molecule is O=Cc1ccccc1Sc1ncn[nH]1. The fourth-order valence-electron chi connectivity index (χ4n) is 1.02. The van der Waals surface area contributed by atoms with Crippen LogP contribution in [0.15, 0.2) is 40.6 Å². The smallest absolute Gasteiger partial charge is 0.188 e. The van der Waals surface area contributed by atoms with Crippen LogP contribution >= 0.6 is 11.8 Å². The Bertz CT molecular complexity index is 427. The number of H-pyrrole nitrogens is 1. The monoisotopic (exact) mass is 205 g/mol. The predicted molar refractivity (Wildman–Crippen MR) is 52.3 cm³/mol. The number of aldehydes is 1. The summed E-state index contributed by atoms with van der Waals surface area (Å²) < 4.78 is 0. The molecule has 2 aromatic rings. The average Bonchev–Trinajstić information content (AvgIpc) is 2.71. The molecule has 1 aromatic heterocycles. The Morgan fingerprint density at radius 1 is 1.36 bits per heavy atom. The molecule has 0 unspecified atom stereocenters. The zero-order chi connectivity index (χ0) is 9.80. The number of hydrogen-bond acceptors (Lipinski definition) is 4. The molecule has 0 atom stereocenters. The van der Waals surface area contributed by atoms with E-state index in [2.05, 4.69) is 15.2 Å². The number of hydrogen-bond donors (Lipinski definition) is 1. The molecule has 0 radical (unpaired) electrons. The number of rotatable bonds is 3. The fourth-order valence-corrected chi connectivity index (χ4v) is 1.81. The molecule has 0 fully saturated rings. The topological polar surface area (TPSA) is 58.6 Å². The third-order valence-corrected chi connectivity index (χ3v) is 2.63. The summed E-state index contributed by atoms with van der Waals surface area (Å²) in [4.78, 5) is 15.5. The molecule has 0 saturated heterocycles. The Kier molecular flexibility index (Phi) is 2.60. The van der Waals surface area contributed by atoms with E-state index < -0.39 is 0 Å². The molecule has 0 bridgehead atoms. The number of benzene rings is 1. The van der Waals surface area contributed by atoms with Crippen LogP contribution in [0.2, 0.25) is 0 Å². The van der Waals surface area contributed by atoms with E-state index in [0.717, 1.165) is 11.2 Å². The van der Waals surface area contributed by atoms with Crippen molar-refractivity contribution in [2.75, 3.05) is 0 Å². The highest BCUT2D eigenvalue weighted by Gasteiger charge is 2.03. The number of carbonyl (C=O) groups is 1. The molecule has 1 aromatic carbocycles. The minimum Gasteiger partial charge on any atom is -0.298 e. The Morgan fingerprint density at radius 3 is 2.93 bits per heavy atom. The Hall–Kier alpha value is -1.62. The summed E-state index contributed by atoms with van der Waals surface area (Å²) in [5.74, 6) is 0. The van der Waals surface area contributed by atoms with Crippen LogP contribution < -0.4 is 0 Å². The van der Waals surface area contributed by atoms with Gasteiger partial charge in [0.1, 0.15) is 6.33 Å². The van der Waals surface area contributed by atoms with E-state index >= 15 is 0 Å². The van der Waals surface area contributed by atoms with Crippen molar-refractivity contribution in [2.24, 2.45) is 0 Å². The van der Waals surface area contributed by atoms with E-state index in [1.807, 2.05) is 18.2 Å². The van der Waals surface area contributed by atoms with Gasteiger partial charge in [0.15, 0.2) is 11.4 Å². The predicted octanol–water partition coefficient (Wildman–Crippen LogP) is 1.77. The van der Waals surface area contributed by atoms with Crippen molar-refractivity contribution in [1.82, 2.24) is 15.2 Å². The molecule has 0 aliphatic carbocycles. The van der Waals surface area contributed by atoms with E-state index in [9.17, 15) is 4.79 Å². The van der Waals surface area contributed by atoms with Crippen molar-refractivity contribution in [3.8, 4) is 0 Å². The van der Waals surface area contributed by atoms with Gasteiger partial charge in [-0.2, -0.15) is 5.10 Å². The third kappa shape index (κ3) is 1.82. The van der Waals surface area contributed by atoms with Crippen LogP contribution in [0.1, 0.15) is 10.4 Å². The fraction of sp³-hybridized carbons (Fsp3) is 0. The number of nitrogens with one attached hydrogen (secondary N) is 1. The first-order valence-corrected chi connectivity index (χ1v) is 4.79. The van der Waals surface area contributed by atoms with Crippen molar-refractivity contribution < 1.29 is 4.79 Å². The van der Waals surface area contributed by atoms with Gasteiger partial charge in [-0.15, -0.1) is 0 Å². The van der Waals surface area contributed by atoms with Gasteiger partial charge in [-0.1, -0.05) is 18.2 Å². The van der Waals surface area contributed by atoms with Crippen LogP contribution in [0.4, 0.5) is 0 Å². The second kappa shape index (κ2) is 4.06. The molecule has 0 aliphatic heterocycles. The molecule has 0 aliphatic rings. The van der Waals surface area contributed by atoms with Crippen LogP contribution in [-0.4, -0.2) is 21.5 Å². The standard InChI is InChI=1S/C9H7N3OS/c13-5-7-3-1-2-4-8(7)14-9-10-6-11-12-9/h1-6H,(H,10,11,12). The van der Waals surface area contributed by atoms with Crippen molar-refractivity contribution in [3.63, 3.8) is 0 Å². The summed E-state index contributed by atoms with van der Waals surface area (Å²) in [5.41, 5.74) is 0.661. The zero-order valence-electron chi connectivity index (χ0n) is 7.18. The average molecular weight is 205 g/mol. The molecule has 2 rings (SSSR count). The lowest BCUT2D eigenvalue weighted by atomic mass is 10.2. The van der Waals surface area contributed by atoms with E-state index in [4.69, 9.17) is 0 Å². The van der Waals surface area contributed by atoms with Crippen LogP contribution in [0.25, 0.3) is 0 Å². The Balaban J connectivity index is 2.28. The maximum Gasteiger partial charge on any atom is 0.188 e. The molecule has 4 nitrogen and oxygen atoms in total. The number of nitrogens with zero attached hydrogens (tertiary/aromatic N) is 2. The third-order valence-electron chi connectivity index (χ3n) is 1.65. The Labute approximate surface area is 84.8 Å². The van der Waals surface area contributed by atoms with E-state index in [-0.39, 0.29) is 0 Å². The second-order valence-corrected chi connectivity index (χ2v) is 3.58. The molecular formula is C9H7N3OS. The van der Waals surface area contributed by atoms with E-state index in [1.165, 1.54) is 18.1 Å². The lowest BCUT2D eigenvalue weighted by molar-refractivity contribution is 0.112. The van der Waals surface area contributed by atoms with E-state index in [0.29, 0.717) is 10.7 Å². The molecular weight excluding hydrogens is 198 g/mol. The first-order chi connectivity index (χ1) is 6.90. The van der Waals surface area contributed by atoms with Gasteiger partial charge in [-0.05, 0) is 17.8 Å². The highest BCUT2D eigenvalue weighted by molar-refractivity contribution is 7.99. The summed E-state index contributed by atoms with van der Waals surface area (Å²) in [6.45, 7) is 0. The van der Waals surface area contributed by atoms with Gasteiger partial charge in [0.25, 0.3) is 0 Å². The first kappa shape index (κ1) is 8.96. The van der Waals surface area contributed by atoms with Crippen molar-refractivity contribution in [3.05, 3.63) is 36.2 Å². The molecule has 5 heteroatoms. The number of aromatic amines is 1. The van der Waals surface area contributed by atoms with Gasteiger partial charge >= 0.3 is 0 Å². The molecule has 1 heterocycles. The second-order valence-electron chi connectivity index (χ2n) is 2.55. The maximum absolute atomic E-state index is 10.7. The van der Waals surface area contributed by atoms with Gasteiger partial charge in [0.2, 0.25) is 0 Å². The summed E-state index contributed by atoms with van der Waals surface area (Å²) in [7, 11) is 0. The molecule has 0 amide bonds.